The van der Waals surface area contributed by atoms with Crippen LogP contribution in [0.15, 0.2) is 30.3 Å². The fourth-order valence-corrected chi connectivity index (χ4v) is 3.90. The highest BCUT2D eigenvalue weighted by molar-refractivity contribution is 5.87. The molecule has 1 saturated heterocycles. The summed E-state index contributed by atoms with van der Waals surface area (Å²) >= 11 is 0. The van der Waals surface area contributed by atoms with Crippen molar-refractivity contribution in [3.05, 3.63) is 30.3 Å². The molecule has 1 aliphatic carbocycles. The lowest BCUT2D eigenvalue weighted by molar-refractivity contribution is -0.123. The van der Waals surface area contributed by atoms with Gasteiger partial charge in [-0.3, -0.25) is 4.79 Å². The second kappa shape index (κ2) is 9.62. The maximum absolute atomic E-state index is 12.5. The van der Waals surface area contributed by atoms with Gasteiger partial charge in [-0.2, -0.15) is 0 Å². The molecule has 1 aliphatic heterocycles. The average molecular weight is 373 g/mol. The molecule has 2 fully saturated rings. The van der Waals surface area contributed by atoms with Gasteiger partial charge in [0.1, 0.15) is 6.04 Å². The molecule has 1 heterocycles. The second-order valence-electron chi connectivity index (χ2n) is 7.68. The van der Waals surface area contributed by atoms with Crippen LogP contribution in [0.5, 0.6) is 0 Å². The van der Waals surface area contributed by atoms with E-state index in [1.807, 2.05) is 18.2 Å². The van der Waals surface area contributed by atoms with Gasteiger partial charge in [-0.05, 0) is 31.9 Å². The first-order valence-corrected chi connectivity index (χ1v) is 10.3. The Balaban J connectivity index is 1.42. The van der Waals surface area contributed by atoms with E-state index in [0.29, 0.717) is 13.1 Å². The number of carbonyl (C=O) groups is 2. The standard InChI is InChI=1S/C21H32N4O2/c1-17(20(26)23-18-9-5-2-3-6-10-18)22-21(27)25-15-13-24(14-16-25)19-11-7-4-8-12-19/h4,7-8,11-12,17-18H,2-3,5-6,9-10,13-16H2,1H3,(H,22,27)(H,23,26)/t17-/m0/s1. The molecule has 0 aromatic heterocycles. The zero-order valence-corrected chi connectivity index (χ0v) is 16.3. The van der Waals surface area contributed by atoms with Crippen LogP contribution in [0, 0.1) is 0 Å². The Morgan fingerprint density at radius 3 is 2.22 bits per heavy atom. The number of piperazine rings is 1. The van der Waals surface area contributed by atoms with E-state index in [2.05, 4.69) is 27.7 Å². The Morgan fingerprint density at radius 2 is 1.59 bits per heavy atom. The van der Waals surface area contributed by atoms with Crippen LogP contribution in [0.3, 0.4) is 0 Å². The van der Waals surface area contributed by atoms with Crippen LogP contribution in [0.2, 0.25) is 0 Å². The van der Waals surface area contributed by atoms with Crippen LogP contribution >= 0.6 is 0 Å². The van der Waals surface area contributed by atoms with E-state index in [9.17, 15) is 9.59 Å². The summed E-state index contributed by atoms with van der Waals surface area (Å²) in [5.41, 5.74) is 1.19. The monoisotopic (exact) mass is 372 g/mol. The van der Waals surface area contributed by atoms with Gasteiger partial charge in [0, 0.05) is 37.9 Å². The van der Waals surface area contributed by atoms with Crippen LogP contribution in [-0.4, -0.2) is 55.1 Å². The molecule has 148 valence electrons. The number of para-hydroxylation sites is 1. The highest BCUT2D eigenvalue weighted by Crippen LogP contribution is 2.17. The Hall–Kier alpha value is -2.24. The van der Waals surface area contributed by atoms with Gasteiger partial charge < -0.3 is 20.4 Å². The first-order chi connectivity index (χ1) is 13.1. The Kier molecular flexibility index (Phi) is 6.96. The summed E-state index contributed by atoms with van der Waals surface area (Å²) in [6, 6.07) is 9.86. The molecule has 1 atom stereocenters. The van der Waals surface area contributed by atoms with Crippen molar-refractivity contribution in [2.75, 3.05) is 31.1 Å². The molecule has 27 heavy (non-hydrogen) atoms. The molecule has 1 aromatic rings. The van der Waals surface area contributed by atoms with Gasteiger partial charge in [-0.25, -0.2) is 4.79 Å². The molecule has 1 saturated carbocycles. The maximum atomic E-state index is 12.5. The highest BCUT2D eigenvalue weighted by atomic mass is 16.2. The minimum absolute atomic E-state index is 0.0711. The van der Waals surface area contributed by atoms with Crippen LogP contribution in [-0.2, 0) is 4.79 Å². The number of urea groups is 1. The van der Waals surface area contributed by atoms with E-state index < -0.39 is 6.04 Å². The summed E-state index contributed by atoms with van der Waals surface area (Å²) in [5, 5.41) is 5.98. The number of nitrogens with zero attached hydrogens (tertiary/aromatic N) is 2. The number of amides is 3. The molecular weight excluding hydrogens is 340 g/mol. The lowest BCUT2D eigenvalue weighted by Crippen LogP contribution is -2.56. The number of anilines is 1. The van der Waals surface area contributed by atoms with Gasteiger partial charge in [-0.1, -0.05) is 43.9 Å². The number of rotatable bonds is 4. The molecule has 3 rings (SSSR count). The first kappa shape index (κ1) is 19.5. The molecule has 2 aliphatic rings. The van der Waals surface area contributed by atoms with Gasteiger partial charge in [0.15, 0.2) is 0 Å². The minimum atomic E-state index is -0.507. The van der Waals surface area contributed by atoms with Crippen LogP contribution < -0.4 is 15.5 Å². The quantitative estimate of drug-likeness (QED) is 0.799. The normalized spacial score (nSPS) is 19.9. The van der Waals surface area contributed by atoms with Crippen molar-refractivity contribution in [2.45, 2.75) is 57.5 Å². The molecule has 2 N–H and O–H groups in total. The van der Waals surface area contributed by atoms with E-state index in [-0.39, 0.29) is 18.0 Å². The molecule has 0 bridgehead atoms. The topological polar surface area (TPSA) is 64.7 Å². The van der Waals surface area contributed by atoms with Crippen molar-refractivity contribution in [3.8, 4) is 0 Å². The summed E-state index contributed by atoms with van der Waals surface area (Å²) in [6.07, 6.45) is 6.97. The van der Waals surface area contributed by atoms with Crippen molar-refractivity contribution >= 4 is 17.6 Å². The van der Waals surface area contributed by atoms with Gasteiger partial charge in [0.2, 0.25) is 5.91 Å². The fraction of sp³-hybridized carbons (Fsp3) is 0.619. The highest BCUT2D eigenvalue weighted by Gasteiger charge is 2.25. The third kappa shape index (κ3) is 5.62. The second-order valence-corrected chi connectivity index (χ2v) is 7.68. The van der Waals surface area contributed by atoms with E-state index in [1.54, 1.807) is 11.8 Å². The van der Waals surface area contributed by atoms with E-state index in [1.165, 1.54) is 31.4 Å². The molecule has 0 unspecified atom stereocenters. The van der Waals surface area contributed by atoms with Crippen LogP contribution in [0.25, 0.3) is 0 Å². The van der Waals surface area contributed by atoms with Crippen molar-refractivity contribution in [1.29, 1.82) is 0 Å². The largest absolute Gasteiger partial charge is 0.368 e. The number of hydrogen-bond acceptors (Lipinski definition) is 3. The van der Waals surface area contributed by atoms with Crippen molar-refractivity contribution in [3.63, 3.8) is 0 Å². The summed E-state index contributed by atoms with van der Waals surface area (Å²) < 4.78 is 0. The van der Waals surface area contributed by atoms with E-state index in [4.69, 9.17) is 0 Å². The smallest absolute Gasteiger partial charge is 0.318 e. The number of carbonyl (C=O) groups excluding carboxylic acids is 2. The summed E-state index contributed by atoms with van der Waals surface area (Å²) in [5.74, 6) is -0.0711. The van der Waals surface area contributed by atoms with Crippen molar-refractivity contribution < 1.29 is 9.59 Å². The molecule has 6 nitrogen and oxygen atoms in total. The van der Waals surface area contributed by atoms with Gasteiger partial charge in [0.05, 0.1) is 0 Å². The minimum Gasteiger partial charge on any atom is -0.368 e. The van der Waals surface area contributed by atoms with Crippen LogP contribution in [0.4, 0.5) is 10.5 Å². The molecule has 1 aromatic carbocycles. The van der Waals surface area contributed by atoms with Gasteiger partial charge in [-0.15, -0.1) is 0 Å². The lowest BCUT2D eigenvalue weighted by Gasteiger charge is -2.36. The summed E-state index contributed by atoms with van der Waals surface area (Å²) in [6.45, 7) is 4.71. The van der Waals surface area contributed by atoms with E-state index >= 15 is 0 Å². The molecule has 3 amide bonds. The fourth-order valence-electron chi connectivity index (χ4n) is 3.90. The van der Waals surface area contributed by atoms with E-state index in [0.717, 1.165) is 25.9 Å². The average Bonchev–Trinajstić information content (AvgIpc) is 2.97. The zero-order valence-electron chi connectivity index (χ0n) is 16.3. The van der Waals surface area contributed by atoms with Gasteiger partial charge >= 0.3 is 6.03 Å². The first-order valence-electron chi connectivity index (χ1n) is 10.3. The lowest BCUT2D eigenvalue weighted by atomic mass is 10.1. The number of benzene rings is 1. The van der Waals surface area contributed by atoms with Crippen molar-refractivity contribution in [2.24, 2.45) is 0 Å². The number of hydrogen-bond donors (Lipinski definition) is 2. The Labute approximate surface area is 162 Å². The summed E-state index contributed by atoms with van der Waals surface area (Å²) in [7, 11) is 0. The predicted molar refractivity (Wildman–Crippen MR) is 108 cm³/mol. The molecule has 6 heteroatoms. The molecular formula is C21H32N4O2. The molecule has 0 radical (unpaired) electrons. The van der Waals surface area contributed by atoms with Gasteiger partial charge in [0.25, 0.3) is 0 Å². The zero-order chi connectivity index (χ0) is 19.1. The Bertz CT molecular complexity index is 606. The number of nitrogens with one attached hydrogen (secondary N) is 2. The SMILES string of the molecule is C[C@H](NC(=O)N1CCN(c2ccccc2)CC1)C(=O)NC1CCCCCC1. The summed E-state index contributed by atoms with van der Waals surface area (Å²) in [4.78, 5) is 29.0. The third-order valence-electron chi connectivity index (χ3n) is 5.62. The predicted octanol–water partition coefficient (Wildman–Crippen LogP) is 2.75. The Morgan fingerprint density at radius 1 is 0.963 bits per heavy atom. The third-order valence-corrected chi connectivity index (χ3v) is 5.62. The van der Waals surface area contributed by atoms with Crippen molar-refractivity contribution in [1.82, 2.24) is 15.5 Å². The van der Waals surface area contributed by atoms with Crippen LogP contribution in [0.1, 0.15) is 45.4 Å². The maximum Gasteiger partial charge on any atom is 0.318 e. The molecule has 0 spiro atoms.